The molecule has 0 aliphatic carbocycles. The molecular formula is C14H23N3O. The highest BCUT2D eigenvalue weighted by Gasteiger charge is 2.23. The fraction of sp³-hybridized carbons (Fsp3) is 0.643. The molecule has 0 bridgehead atoms. The minimum absolute atomic E-state index is 0.423. The molecule has 2 rings (SSSR count). The number of hydrogen-bond acceptors (Lipinski definition) is 4. The summed E-state index contributed by atoms with van der Waals surface area (Å²) < 4.78 is 5.61. The number of hydrogen-bond donors (Lipinski definition) is 1. The third kappa shape index (κ3) is 3.21. The van der Waals surface area contributed by atoms with Crippen molar-refractivity contribution in [3.8, 4) is 0 Å². The van der Waals surface area contributed by atoms with Crippen LogP contribution in [0.5, 0.6) is 0 Å². The molecule has 1 saturated heterocycles. The van der Waals surface area contributed by atoms with Gasteiger partial charge in [-0.2, -0.15) is 0 Å². The Labute approximate surface area is 109 Å². The van der Waals surface area contributed by atoms with Gasteiger partial charge in [-0.3, -0.25) is 4.98 Å². The van der Waals surface area contributed by atoms with Gasteiger partial charge < -0.3 is 15.0 Å². The van der Waals surface area contributed by atoms with E-state index in [-0.39, 0.29) is 0 Å². The van der Waals surface area contributed by atoms with Crippen LogP contribution in [0.1, 0.15) is 18.9 Å². The van der Waals surface area contributed by atoms with Crippen LogP contribution < -0.4 is 10.2 Å². The molecule has 1 atom stereocenters. The van der Waals surface area contributed by atoms with Gasteiger partial charge in [-0.1, -0.05) is 6.92 Å². The second-order valence-corrected chi connectivity index (χ2v) is 4.79. The van der Waals surface area contributed by atoms with Crippen LogP contribution in [0.2, 0.25) is 0 Å². The maximum atomic E-state index is 5.61. The van der Waals surface area contributed by atoms with Crippen LogP contribution in [0.4, 0.5) is 5.69 Å². The van der Waals surface area contributed by atoms with Gasteiger partial charge >= 0.3 is 0 Å². The highest BCUT2D eigenvalue weighted by Crippen LogP contribution is 2.22. The van der Waals surface area contributed by atoms with E-state index in [1.165, 1.54) is 17.7 Å². The minimum Gasteiger partial charge on any atom is -0.377 e. The average molecular weight is 249 g/mol. The highest BCUT2D eigenvalue weighted by atomic mass is 16.5. The summed E-state index contributed by atoms with van der Waals surface area (Å²) in [4.78, 5) is 6.61. The lowest BCUT2D eigenvalue weighted by Crippen LogP contribution is -2.51. The number of rotatable bonds is 5. The van der Waals surface area contributed by atoms with Crippen molar-refractivity contribution >= 4 is 5.69 Å². The molecule has 2 heterocycles. The van der Waals surface area contributed by atoms with Crippen LogP contribution in [-0.2, 0) is 4.74 Å². The molecule has 0 spiro atoms. The standard InChI is InChI=1S/C14H23N3O/c1-3-5-15-10-13-11-18-8-7-17(13)14-4-6-16-9-12(14)2/h4,6,9,13,15H,3,5,7-8,10-11H2,1-2H3. The molecule has 18 heavy (non-hydrogen) atoms. The van der Waals surface area contributed by atoms with Crippen LogP contribution in [-0.4, -0.2) is 43.9 Å². The van der Waals surface area contributed by atoms with Crippen molar-refractivity contribution in [3.05, 3.63) is 24.0 Å². The SMILES string of the molecule is CCCNCC1COCCN1c1ccncc1C. The van der Waals surface area contributed by atoms with Crippen LogP contribution in [0, 0.1) is 6.92 Å². The third-order valence-corrected chi connectivity index (χ3v) is 3.33. The maximum absolute atomic E-state index is 5.61. The first-order valence-electron chi connectivity index (χ1n) is 6.78. The molecule has 0 aromatic carbocycles. The number of morpholine rings is 1. The first-order chi connectivity index (χ1) is 8.83. The Morgan fingerprint density at radius 1 is 1.56 bits per heavy atom. The molecule has 1 aromatic heterocycles. The summed E-state index contributed by atoms with van der Waals surface area (Å²) in [5, 5.41) is 3.49. The Bertz CT molecular complexity index is 370. The van der Waals surface area contributed by atoms with E-state index in [9.17, 15) is 0 Å². The van der Waals surface area contributed by atoms with Gasteiger partial charge in [0, 0.05) is 31.2 Å². The van der Waals surface area contributed by atoms with Gasteiger partial charge in [0.2, 0.25) is 0 Å². The number of anilines is 1. The Kier molecular flexibility index (Phi) is 4.96. The van der Waals surface area contributed by atoms with Crippen LogP contribution >= 0.6 is 0 Å². The molecule has 1 aliphatic rings. The summed E-state index contributed by atoms with van der Waals surface area (Å²) in [6, 6.07) is 2.53. The zero-order valence-electron chi connectivity index (χ0n) is 11.4. The quantitative estimate of drug-likeness (QED) is 0.804. The number of aryl methyl sites for hydroxylation is 1. The Morgan fingerprint density at radius 2 is 2.44 bits per heavy atom. The second kappa shape index (κ2) is 6.71. The number of aromatic nitrogens is 1. The molecule has 1 fully saturated rings. The van der Waals surface area contributed by atoms with Crippen LogP contribution in [0.15, 0.2) is 18.5 Å². The van der Waals surface area contributed by atoms with E-state index in [4.69, 9.17) is 4.74 Å². The molecule has 4 heteroatoms. The minimum atomic E-state index is 0.423. The lowest BCUT2D eigenvalue weighted by atomic mass is 10.1. The summed E-state index contributed by atoms with van der Waals surface area (Å²) in [6.45, 7) is 8.94. The van der Waals surface area contributed by atoms with Gasteiger partial charge in [0.15, 0.2) is 0 Å². The number of ether oxygens (including phenoxy) is 1. The monoisotopic (exact) mass is 249 g/mol. The van der Waals surface area contributed by atoms with Crippen molar-refractivity contribution in [2.45, 2.75) is 26.3 Å². The Balaban J connectivity index is 2.05. The lowest BCUT2D eigenvalue weighted by molar-refractivity contribution is 0.0937. The molecular weight excluding hydrogens is 226 g/mol. The number of nitrogens with one attached hydrogen (secondary N) is 1. The average Bonchev–Trinajstić information content (AvgIpc) is 2.40. The maximum Gasteiger partial charge on any atom is 0.0683 e. The number of pyridine rings is 1. The zero-order valence-corrected chi connectivity index (χ0v) is 11.4. The molecule has 1 N–H and O–H groups in total. The third-order valence-electron chi connectivity index (χ3n) is 3.33. The predicted molar refractivity (Wildman–Crippen MR) is 74.1 cm³/mol. The Hall–Kier alpha value is -1.13. The molecule has 1 aliphatic heterocycles. The summed E-state index contributed by atoms with van der Waals surface area (Å²) in [7, 11) is 0. The molecule has 100 valence electrons. The van der Waals surface area contributed by atoms with Crippen molar-refractivity contribution in [1.29, 1.82) is 0 Å². The summed E-state index contributed by atoms with van der Waals surface area (Å²) in [5.41, 5.74) is 2.52. The first-order valence-corrected chi connectivity index (χ1v) is 6.78. The summed E-state index contributed by atoms with van der Waals surface area (Å²) in [6.07, 6.45) is 4.97. The molecule has 0 saturated carbocycles. The zero-order chi connectivity index (χ0) is 12.8. The largest absolute Gasteiger partial charge is 0.377 e. The van der Waals surface area contributed by atoms with E-state index in [0.29, 0.717) is 6.04 Å². The smallest absolute Gasteiger partial charge is 0.0683 e. The first kappa shape index (κ1) is 13.3. The van der Waals surface area contributed by atoms with Crippen molar-refractivity contribution in [3.63, 3.8) is 0 Å². The van der Waals surface area contributed by atoms with Gasteiger partial charge in [-0.25, -0.2) is 0 Å². The molecule has 0 amide bonds. The van der Waals surface area contributed by atoms with Crippen molar-refractivity contribution < 1.29 is 4.74 Å². The van der Waals surface area contributed by atoms with Crippen molar-refractivity contribution in [1.82, 2.24) is 10.3 Å². The van der Waals surface area contributed by atoms with E-state index in [1.807, 2.05) is 12.4 Å². The van der Waals surface area contributed by atoms with Gasteiger partial charge in [0.25, 0.3) is 0 Å². The van der Waals surface area contributed by atoms with E-state index in [1.54, 1.807) is 0 Å². The second-order valence-electron chi connectivity index (χ2n) is 4.79. The van der Waals surface area contributed by atoms with Gasteiger partial charge in [-0.05, 0) is 31.5 Å². The van der Waals surface area contributed by atoms with E-state index < -0.39 is 0 Å². The highest BCUT2D eigenvalue weighted by molar-refractivity contribution is 5.52. The Morgan fingerprint density at radius 3 is 3.22 bits per heavy atom. The van der Waals surface area contributed by atoms with Crippen molar-refractivity contribution in [2.24, 2.45) is 0 Å². The normalized spacial score (nSPS) is 20.1. The fourth-order valence-corrected chi connectivity index (χ4v) is 2.37. The van der Waals surface area contributed by atoms with E-state index in [0.717, 1.165) is 32.8 Å². The predicted octanol–water partition coefficient (Wildman–Crippen LogP) is 1.59. The molecule has 0 radical (unpaired) electrons. The molecule has 1 aromatic rings. The van der Waals surface area contributed by atoms with Gasteiger partial charge in [0.1, 0.15) is 0 Å². The van der Waals surface area contributed by atoms with Crippen molar-refractivity contribution in [2.75, 3.05) is 37.7 Å². The summed E-state index contributed by atoms with van der Waals surface area (Å²) >= 11 is 0. The topological polar surface area (TPSA) is 37.4 Å². The van der Waals surface area contributed by atoms with E-state index in [2.05, 4.69) is 35.1 Å². The van der Waals surface area contributed by atoms with Gasteiger partial charge in [0.05, 0.1) is 19.3 Å². The number of nitrogens with zero attached hydrogens (tertiary/aromatic N) is 2. The molecule has 1 unspecified atom stereocenters. The van der Waals surface area contributed by atoms with Gasteiger partial charge in [-0.15, -0.1) is 0 Å². The van der Waals surface area contributed by atoms with E-state index >= 15 is 0 Å². The fourth-order valence-electron chi connectivity index (χ4n) is 2.37. The molecule has 4 nitrogen and oxygen atoms in total. The van der Waals surface area contributed by atoms with Crippen LogP contribution in [0.3, 0.4) is 0 Å². The van der Waals surface area contributed by atoms with Crippen LogP contribution in [0.25, 0.3) is 0 Å². The lowest BCUT2D eigenvalue weighted by Gasteiger charge is -2.38. The summed E-state index contributed by atoms with van der Waals surface area (Å²) in [5.74, 6) is 0.